The minimum Gasteiger partial charge on any atom is -0.299 e. The molecular weight excluding hydrogens is 361 g/mol. The van der Waals surface area contributed by atoms with Crippen LogP contribution < -0.4 is 0 Å². The van der Waals surface area contributed by atoms with Gasteiger partial charge in [0.15, 0.2) is 5.78 Å². The summed E-state index contributed by atoms with van der Waals surface area (Å²) in [7, 11) is 0. The third-order valence-corrected chi connectivity index (χ3v) is 6.24. The van der Waals surface area contributed by atoms with E-state index in [4.69, 9.17) is 0 Å². The molecule has 1 saturated heterocycles. The van der Waals surface area contributed by atoms with Gasteiger partial charge in [-0.3, -0.25) is 9.69 Å². The number of benzene rings is 2. The van der Waals surface area contributed by atoms with Crippen LogP contribution in [0.1, 0.15) is 54.4 Å². The number of likely N-dealkylation sites (tertiary alicyclic amines) is 1. The Labute approximate surface area is 167 Å². The Balaban J connectivity index is 0.00000210. The molecule has 0 aromatic heterocycles. The second-order valence-corrected chi connectivity index (χ2v) is 7.90. The molecule has 0 amide bonds. The van der Waals surface area contributed by atoms with Gasteiger partial charge in [-0.05, 0) is 62.1 Å². The van der Waals surface area contributed by atoms with Crippen molar-refractivity contribution in [1.82, 2.24) is 4.90 Å². The Kier molecular flexibility index (Phi) is 6.33. The van der Waals surface area contributed by atoms with Crippen LogP contribution in [0.2, 0.25) is 0 Å². The average molecular weight is 388 g/mol. The van der Waals surface area contributed by atoms with Crippen LogP contribution in [0.4, 0.5) is 4.39 Å². The molecule has 0 spiro atoms. The molecule has 1 aliphatic carbocycles. The fourth-order valence-electron chi connectivity index (χ4n) is 4.93. The Hall–Kier alpha value is -1.71. The van der Waals surface area contributed by atoms with Crippen LogP contribution in [0, 0.1) is 5.82 Å². The van der Waals surface area contributed by atoms with Crippen molar-refractivity contribution in [3.8, 4) is 0 Å². The van der Waals surface area contributed by atoms with E-state index in [9.17, 15) is 9.18 Å². The van der Waals surface area contributed by atoms with Gasteiger partial charge in [0, 0.05) is 30.0 Å². The number of fused-ring (bicyclic) bond motifs is 2. The zero-order valence-corrected chi connectivity index (χ0v) is 16.4. The van der Waals surface area contributed by atoms with Crippen molar-refractivity contribution in [2.75, 3.05) is 13.1 Å². The lowest BCUT2D eigenvalue weighted by molar-refractivity contribution is 0.0973. The Morgan fingerprint density at radius 3 is 2.59 bits per heavy atom. The highest BCUT2D eigenvalue weighted by Crippen LogP contribution is 2.47. The molecule has 2 unspecified atom stereocenters. The molecule has 27 heavy (non-hydrogen) atoms. The molecule has 1 heterocycles. The summed E-state index contributed by atoms with van der Waals surface area (Å²) in [5.74, 6) is -0.179. The van der Waals surface area contributed by atoms with E-state index in [1.54, 1.807) is 12.1 Å². The van der Waals surface area contributed by atoms with Gasteiger partial charge in [-0.15, -0.1) is 12.4 Å². The molecule has 2 aromatic carbocycles. The van der Waals surface area contributed by atoms with Gasteiger partial charge < -0.3 is 0 Å². The van der Waals surface area contributed by atoms with Crippen molar-refractivity contribution in [3.63, 3.8) is 0 Å². The quantitative estimate of drug-likeness (QED) is 0.618. The molecule has 2 nitrogen and oxygen atoms in total. The lowest BCUT2D eigenvalue weighted by Gasteiger charge is -2.32. The largest absolute Gasteiger partial charge is 0.299 e. The van der Waals surface area contributed by atoms with Gasteiger partial charge in [0.2, 0.25) is 0 Å². The Morgan fingerprint density at radius 1 is 1.11 bits per heavy atom. The van der Waals surface area contributed by atoms with Gasteiger partial charge in [-0.1, -0.05) is 36.8 Å². The summed E-state index contributed by atoms with van der Waals surface area (Å²) >= 11 is 0. The van der Waals surface area contributed by atoms with Gasteiger partial charge in [0.1, 0.15) is 5.82 Å². The van der Waals surface area contributed by atoms with Crippen LogP contribution in [-0.4, -0.2) is 29.8 Å². The first-order valence-corrected chi connectivity index (χ1v) is 9.75. The first kappa shape index (κ1) is 20.0. The van der Waals surface area contributed by atoms with Crippen LogP contribution in [0.3, 0.4) is 0 Å². The van der Waals surface area contributed by atoms with Gasteiger partial charge in [-0.25, -0.2) is 4.39 Å². The predicted octanol–water partition coefficient (Wildman–Crippen LogP) is 5.41. The summed E-state index contributed by atoms with van der Waals surface area (Å²) in [6.07, 6.45) is 6.51. The molecule has 2 bridgehead atoms. The molecule has 144 valence electrons. The maximum Gasteiger partial charge on any atom is 0.162 e. The second kappa shape index (κ2) is 8.53. The monoisotopic (exact) mass is 387 g/mol. The third-order valence-electron chi connectivity index (χ3n) is 6.24. The van der Waals surface area contributed by atoms with Crippen molar-refractivity contribution in [2.24, 2.45) is 0 Å². The molecule has 4 rings (SSSR count). The summed E-state index contributed by atoms with van der Waals surface area (Å²) in [4.78, 5) is 14.9. The zero-order chi connectivity index (χ0) is 18.0. The highest BCUT2D eigenvalue weighted by molar-refractivity contribution is 5.95. The van der Waals surface area contributed by atoms with E-state index in [2.05, 4.69) is 35.2 Å². The highest BCUT2D eigenvalue weighted by Gasteiger charge is 2.46. The molecule has 0 N–H and O–H groups in total. The number of hydrogen-bond donors (Lipinski definition) is 0. The number of nitrogens with zero attached hydrogens (tertiary/aromatic N) is 1. The summed E-state index contributed by atoms with van der Waals surface area (Å²) in [6, 6.07) is 17.5. The van der Waals surface area contributed by atoms with Crippen LogP contribution in [-0.2, 0) is 5.41 Å². The Bertz CT molecular complexity index is 764. The first-order chi connectivity index (χ1) is 12.7. The van der Waals surface area contributed by atoms with Crippen molar-refractivity contribution >= 4 is 18.2 Å². The summed E-state index contributed by atoms with van der Waals surface area (Å²) in [6.45, 7) is 2.10. The Morgan fingerprint density at radius 2 is 1.85 bits per heavy atom. The van der Waals surface area contributed by atoms with E-state index in [0.717, 1.165) is 19.5 Å². The number of rotatable bonds is 6. The summed E-state index contributed by atoms with van der Waals surface area (Å²) in [5.41, 5.74) is 2.41. The van der Waals surface area contributed by atoms with E-state index in [0.29, 0.717) is 23.4 Å². The van der Waals surface area contributed by atoms with E-state index >= 15 is 0 Å². The van der Waals surface area contributed by atoms with E-state index in [1.807, 2.05) is 0 Å². The van der Waals surface area contributed by atoms with Gasteiger partial charge in [0.05, 0.1) is 0 Å². The average Bonchev–Trinajstić information content (AvgIpc) is 2.93. The summed E-state index contributed by atoms with van der Waals surface area (Å²) in [5, 5.41) is 0. The molecule has 1 aliphatic heterocycles. The normalized spacial score (nSPS) is 24.4. The van der Waals surface area contributed by atoms with Crippen LogP contribution in [0.15, 0.2) is 54.6 Å². The molecule has 2 fully saturated rings. The lowest BCUT2D eigenvalue weighted by atomic mass is 9.71. The van der Waals surface area contributed by atoms with Gasteiger partial charge >= 0.3 is 0 Å². The SMILES string of the molecule is Cl.O=C(CCCN1CC2(c3ccccc3)CCCC1C2)c1ccc(F)cc1. The third kappa shape index (κ3) is 4.25. The zero-order valence-electron chi connectivity index (χ0n) is 15.6. The van der Waals surface area contributed by atoms with E-state index < -0.39 is 0 Å². The van der Waals surface area contributed by atoms with Gasteiger partial charge in [-0.2, -0.15) is 0 Å². The minimum absolute atomic E-state index is 0. The van der Waals surface area contributed by atoms with Gasteiger partial charge in [0.25, 0.3) is 0 Å². The number of halogens is 2. The molecule has 2 aliphatic rings. The molecule has 2 atom stereocenters. The van der Waals surface area contributed by atoms with Crippen molar-refractivity contribution in [1.29, 1.82) is 0 Å². The smallest absolute Gasteiger partial charge is 0.162 e. The molecule has 0 radical (unpaired) electrons. The number of carbonyl (C=O) groups excluding carboxylic acids is 1. The molecule has 2 aromatic rings. The minimum atomic E-state index is -0.294. The second-order valence-electron chi connectivity index (χ2n) is 7.90. The maximum absolute atomic E-state index is 13.0. The fraction of sp³-hybridized carbons (Fsp3) is 0.435. The van der Waals surface area contributed by atoms with Crippen molar-refractivity contribution in [3.05, 3.63) is 71.5 Å². The number of hydrogen-bond acceptors (Lipinski definition) is 2. The van der Waals surface area contributed by atoms with Crippen molar-refractivity contribution < 1.29 is 9.18 Å². The molecule has 4 heteroatoms. The molecule has 1 saturated carbocycles. The topological polar surface area (TPSA) is 20.3 Å². The highest BCUT2D eigenvalue weighted by atomic mass is 35.5. The van der Waals surface area contributed by atoms with Crippen molar-refractivity contribution in [2.45, 2.75) is 50.0 Å². The van der Waals surface area contributed by atoms with Crippen LogP contribution in [0.25, 0.3) is 0 Å². The number of carbonyl (C=O) groups is 1. The molecular formula is C23H27ClFNO. The van der Waals surface area contributed by atoms with E-state index in [-0.39, 0.29) is 24.0 Å². The number of Topliss-reactive ketones (excluding diaryl/α,β-unsaturated/α-hetero) is 1. The van der Waals surface area contributed by atoms with Crippen LogP contribution in [0.5, 0.6) is 0 Å². The lowest BCUT2D eigenvalue weighted by Crippen LogP contribution is -2.31. The predicted molar refractivity (Wildman–Crippen MR) is 109 cm³/mol. The fourth-order valence-corrected chi connectivity index (χ4v) is 4.93. The van der Waals surface area contributed by atoms with Crippen LogP contribution >= 0.6 is 12.4 Å². The first-order valence-electron chi connectivity index (χ1n) is 9.75. The maximum atomic E-state index is 13.0. The van der Waals surface area contributed by atoms with E-state index in [1.165, 1.54) is 43.4 Å². The summed E-state index contributed by atoms with van der Waals surface area (Å²) < 4.78 is 13.0. The number of ketones is 1. The standard InChI is InChI=1S/C23H26FNO.ClH/c24-20-12-10-18(11-13-20)22(26)9-5-15-25-17-23(14-4-8-21(25)16-23)19-6-2-1-3-7-19;/h1-3,6-7,10-13,21H,4-5,8-9,14-17H2;1H.